The Bertz CT molecular complexity index is 1220. The zero-order valence-corrected chi connectivity index (χ0v) is 19.9. The van der Waals surface area contributed by atoms with Crippen LogP contribution in [0.3, 0.4) is 0 Å². The molecular weight excluding hydrogens is 490 g/mol. The molecule has 5 nitrogen and oxygen atoms in total. The van der Waals surface area contributed by atoms with Crippen molar-refractivity contribution in [3.8, 4) is 5.75 Å². The molecule has 0 bridgehead atoms. The molecule has 1 atom stereocenters. The van der Waals surface area contributed by atoms with Gasteiger partial charge in [0.15, 0.2) is 0 Å². The quantitative estimate of drug-likeness (QED) is 0.277. The molecule has 3 aromatic carbocycles. The summed E-state index contributed by atoms with van der Waals surface area (Å²) in [6, 6.07) is 22.4. The number of rotatable bonds is 8. The number of imidazole rings is 1. The minimum Gasteiger partial charge on any atom is -0.494 e. The van der Waals surface area contributed by atoms with Crippen LogP contribution in [0.15, 0.2) is 77.3 Å². The Morgan fingerprint density at radius 3 is 2.69 bits per heavy atom. The number of fused-ring (bicyclic) bond motifs is 1. The third kappa shape index (κ3) is 5.31. The highest BCUT2D eigenvalue weighted by atomic mass is 79.9. The smallest absolute Gasteiger partial charge is 0.251 e. The van der Waals surface area contributed by atoms with E-state index in [2.05, 4.69) is 31.9 Å². The minimum atomic E-state index is -0.258. The second-order valence-electron chi connectivity index (χ2n) is 7.47. The molecule has 0 radical (unpaired) electrons. The predicted octanol–water partition coefficient (Wildman–Crippen LogP) is 6.41. The maximum atomic E-state index is 12.7. The first-order chi connectivity index (χ1) is 15.5. The Balaban J connectivity index is 1.48. The highest BCUT2D eigenvalue weighted by molar-refractivity contribution is 9.10. The van der Waals surface area contributed by atoms with Gasteiger partial charge in [0, 0.05) is 21.6 Å². The molecule has 32 heavy (non-hydrogen) atoms. The van der Waals surface area contributed by atoms with E-state index in [1.165, 1.54) is 0 Å². The van der Waals surface area contributed by atoms with Crippen molar-refractivity contribution in [3.05, 3.63) is 93.7 Å². The molecule has 7 heteroatoms. The van der Waals surface area contributed by atoms with Gasteiger partial charge < -0.3 is 14.6 Å². The summed E-state index contributed by atoms with van der Waals surface area (Å²) in [7, 11) is 0. The molecule has 4 aromatic rings. The average molecular weight is 513 g/mol. The van der Waals surface area contributed by atoms with E-state index in [-0.39, 0.29) is 11.9 Å². The van der Waals surface area contributed by atoms with Gasteiger partial charge in [0.25, 0.3) is 5.91 Å². The summed E-state index contributed by atoms with van der Waals surface area (Å²) in [5.41, 5.74) is 2.55. The van der Waals surface area contributed by atoms with E-state index in [9.17, 15) is 4.79 Å². The maximum absolute atomic E-state index is 12.7. The molecule has 0 spiro atoms. The number of hydrogen-bond donors (Lipinski definition) is 1. The fraction of sp³-hybridized carbons (Fsp3) is 0.200. The van der Waals surface area contributed by atoms with Crippen LogP contribution in [-0.4, -0.2) is 22.1 Å². The number of amides is 1. The van der Waals surface area contributed by atoms with Crippen LogP contribution >= 0.6 is 27.5 Å². The number of aryl methyl sites for hydroxylation is 1. The zero-order chi connectivity index (χ0) is 22.5. The Labute approximate surface area is 200 Å². The van der Waals surface area contributed by atoms with E-state index >= 15 is 0 Å². The third-order valence-electron chi connectivity index (χ3n) is 5.11. The molecule has 1 amide bonds. The summed E-state index contributed by atoms with van der Waals surface area (Å²) in [6.07, 6.45) is 0.794. The fourth-order valence-corrected chi connectivity index (χ4v) is 4.10. The Kier molecular flexibility index (Phi) is 7.12. The number of aromatic nitrogens is 2. The topological polar surface area (TPSA) is 56.2 Å². The van der Waals surface area contributed by atoms with E-state index < -0.39 is 0 Å². The summed E-state index contributed by atoms with van der Waals surface area (Å²) in [4.78, 5) is 17.6. The lowest BCUT2D eigenvalue weighted by molar-refractivity contribution is 0.0937. The molecule has 0 saturated carbocycles. The molecule has 0 saturated heterocycles. The lowest BCUT2D eigenvalue weighted by Gasteiger charge is -2.17. The van der Waals surface area contributed by atoms with E-state index in [4.69, 9.17) is 21.3 Å². The van der Waals surface area contributed by atoms with Gasteiger partial charge in [-0.15, -0.1) is 0 Å². The van der Waals surface area contributed by atoms with Crippen molar-refractivity contribution in [1.82, 2.24) is 14.9 Å². The van der Waals surface area contributed by atoms with Crippen molar-refractivity contribution in [3.63, 3.8) is 0 Å². The largest absolute Gasteiger partial charge is 0.494 e. The fourth-order valence-electron chi connectivity index (χ4n) is 3.58. The number of carbonyl (C=O) groups excluding carboxylic acids is 1. The molecule has 4 rings (SSSR count). The van der Waals surface area contributed by atoms with Crippen LogP contribution < -0.4 is 10.1 Å². The van der Waals surface area contributed by atoms with Gasteiger partial charge in [-0.1, -0.05) is 45.7 Å². The molecule has 1 aromatic heterocycles. The first-order valence-corrected chi connectivity index (χ1v) is 11.6. The lowest BCUT2D eigenvalue weighted by Crippen LogP contribution is -2.28. The Morgan fingerprint density at radius 2 is 1.91 bits per heavy atom. The van der Waals surface area contributed by atoms with Gasteiger partial charge in [-0.25, -0.2) is 4.98 Å². The molecule has 164 valence electrons. The van der Waals surface area contributed by atoms with Crippen molar-refractivity contribution in [1.29, 1.82) is 0 Å². The number of hydrogen-bond acceptors (Lipinski definition) is 3. The zero-order valence-electron chi connectivity index (χ0n) is 17.6. The van der Waals surface area contributed by atoms with Crippen LogP contribution in [0.25, 0.3) is 11.0 Å². The lowest BCUT2D eigenvalue weighted by atomic mass is 10.2. The van der Waals surface area contributed by atoms with E-state index in [1.807, 2.05) is 61.5 Å². The minimum absolute atomic E-state index is 0.136. The van der Waals surface area contributed by atoms with Crippen molar-refractivity contribution >= 4 is 44.5 Å². The highest BCUT2D eigenvalue weighted by Gasteiger charge is 2.19. The third-order valence-corrected chi connectivity index (χ3v) is 5.86. The van der Waals surface area contributed by atoms with Gasteiger partial charge in [0.1, 0.15) is 11.6 Å². The van der Waals surface area contributed by atoms with E-state index in [0.29, 0.717) is 17.2 Å². The summed E-state index contributed by atoms with van der Waals surface area (Å²) in [5, 5.41) is 3.76. The molecular formula is C25H23BrClN3O2. The van der Waals surface area contributed by atoms with Crippen LogP contribution in [0.1, 0.15) is 35.6 Å². The van der Waals surface area contributed by atoms with Crippen LogP contribution in [0, 0.1) is 0 Å². The number of nitrogens with one attached hydrogen (secondary N) is 1. The predicted molar refractivity (Wildman–Crippen MR) is 131 cm³/mol. The Hall–Kier alpha value is -2.83. The maximum Gasteiger partial charge on any atom is 0.251 e. The number of carbonyl (C=O) groups is 1. The summed E-state index contributed by atoms with van der Waals surface area (Å²) in [6.45, 7) is 3.24. The first-order valence-electron chi connectivity index (χ1n) is 10.4. The van der Waals surface area contributed by atoms with Crippen LogP contribution in [-0.2, 0) is 6.54 Å². The van der Waals surface area contributed by atoms with Gasteiger partial charge in [-0.2, -0.15) is 0 Å². The number of halogens is 2. The number of benzene rings is 3. The standard InChI is InChI=1S/C25H23BrClN3O2/c1-17(28-25(31)18-6-4-7-19(26)16-18)24-29-22-8-2-3-9-23(22)30(24)14-5-15-32-21-12-10-20(27)11-13-21/h2-4,6-13,16-17H,5,14-15H2,1H3,(H,28,31). The number of ether oxygens (including phenoxy) is 1. The summed E-state index contributed by atoms with van der Waals surface area (Å²) in [5.74, 6) is 1.48. The molecule has 0 aliphatic carbocycles. The second-order valence-corrected chi connectivity index (χ2v) is 8.82. The molecule has 1 N–H and O–H groups in total. The average Bonchev–Trinajstić information content (AvgIpc) is 3.16. The Morgan fingerprint density at radius 1 is 1.12 bits per heavy atom. The molecule has 0 aliphatic rings. The summed E-state index contributed by atoms with van der Waals surface area (Å²) >= 11 is 9.34. The highest BCUT2D eigenvalue weighted by Crippen LogP contribution is 2.22. The van der Waals surface area contributed by atoms with Crippen LogP contribution in [0.5, 0.6) is 5.75 Å². The van der Waals surface area contributed by atoms with E-state index in [0.717, 1.165) is 40.0 Å². The van der Waals surface area contributed by atoms with Crippen molar-refractivity contribution < 1.29 is 9.53 Å². The number of para-hydroxylation sites is 2. The van der Waals surface area contributed by atoms with Gasteiger partial charge in [-0.05, 0) is 67.9 Å². The number of nitrogens with zero attached hydrogens (tertiary/aromatic N) is 2. The monoisotopic (exact) mass is 511 g/mol. The van der Waals surface area contributed by atoms with Crippen LogP contribution in [0.4, 0.5) is 0 Å². The van der Waals surface area contributed by atoms with Gasteiger partial charge in [0.2, 0.25) is 0 Å². The first kappa shape index (κ1) is 22.4. The van der Waals surface area contributed by atoms with Crippen molar-refractivity contribution in [2.75, 3.05) is 6.61 Å². The van der Waals surface area contributed by atoms with Crippen molar-refractivity contribution in [2.45, 2.75) is 25.9 Å². The van der Waals surface area contributed by atoms with Crippen molar-refractivity contribution in [2.24, 2.45) is 0 Å². The molecule has 0 aliphatic heterocycles. The molecule has 1 heterocycles. The van der Waals surface area contributed by atoms with Gasteiger partial charge in [0.05, 0.1) is 23.7 Å². The summed E-state index contributed by atoms with van der Waals surface area (Å²) < 4.78 is 8.86. The normalized spacial score (nSPS) is 12.0. The molecule has 1 unspecified atom stereocenters. The van der Waals surface area contributed by atoms with Crippen LogP contribution in [0.2, 0.25) is 5.02 Å². The van der Waals surface area contributed by atoms with Gasteiger partial charge >= 0.3 is 0 Å². The SMILES string of the molecule is CC(NC(=O)c1cccc(Br)c1)c1nc2ccccc2n1CCCOc1ccc(Cl)cc1. The second kappa shape index (κ2) is 10.2. The molecule has 0 fully saturated rings. The van der Waals surface area contributed by atoms with Gasteiger partial charge in [-0.3, -0.25) is 4.79 Å². The van der Waals surface area contributed by atoms with E-state index in [1.54, 1.807) is 12.1 Å².